The minimum absolute atomic E-state index is 0.108. The number of nitrogens with one attached hydrogen (secondary N) is 3. The lowest BCUT2D eigenvalue weighted by molar-refractivity contribution is -0.121. The van der Waals surface area contributed by atoms with Gasteiger partial charge in [0.15, 0.2) is 0 Å². The molecule has 106 valence electrons. The van der Waals surface area contributed by atoms with Crippen molar-refractivity contribution in [1.82, 2.24) is 16.0 Å². The van der Waals surface area contributed by atoms with Crippen LogP contribution in [0.5, 0.6) is 0 Å². The predicted octanol–water partition coefficient (Wildman–Crippen LogP) is 1.47. The zero-order valence-corrected chi connectivity index (χ0v) is 11.7. The summed E-state index contributed by atoms with van der Waals surface area (Å²) in [5, 5.41) is 7.83. The molecule has 0 spiro atoms. The van der Waals surface area contributed by atoms with Gasteiger partial charge in [-0.3, -0.25) is 15.4 Å². The highest BCUT2D eigenvalue weighted by molar-refractivity contribution is 5.96. The first-order valence-corrected chi connectivity index (χ1v) is 6.35. The molecule has 3 amide bonds. The standard InChI is InChI=1S/C13H21N3O3/c1-5-14-13(18)16-12(17)10(4)15-9(3)11-7-6-8(2)19-11/h6-7,9-10,15H,5H2,1-4H3,(H2,14,16,17,18). The second kappa shape index (κ2) is 6.94. The van der Waals surface area contributed by atoms with Gasteiger partial charge >= 0.3 is 6.03 Å². The van der Waals surface area contributed by atoms with E-state index in [9.17, 15) is 9.59 Å². The molecule has 1 aromatic heterocycles. The number of carbonyl (C=O) groups is 2. The molecule has 0 aliphatic heterocycles. The van der Waals surface area contributed by atoms with Gasteiger partial charge in [0.05, 0.1) is 12.1 Å². The lowest BCUT2D eigenvalue weighted by atomic mass is 10.2. The second-order valence-corrected chi connectivity index (χ2v) is 4.41. The summed E-state index contributed by atoms with van der Waals surface area (Å²) in [5.41, 5.74) is 0. The summed E-state index contributed by atoms with van der Waals surface area (Å²) in [6.45, 7) is 7.71. The maximum Gasteiger partial charge on any atom is 0.321 e. The van der Waals surface area contributed by atoms with Gasteiger partial charge in [0.25, 0.3) is 0 Å². The van der Waals surface area contributed by atoms with Crippen LogP contribution in [0, 0.1) is 6.92 Å². The molecule has 1 aromatic rings. The third-order valence-electron chi connectivity index (χ3n) is 2.66. The topological polar surface area (TPSA) is 83.4 Å². The van der Waals surface area contributed by atoms with E-state index in [4.69, 9.17) is 4.42 Å². The molecule has 19 heavy (non-hydrogen) atoms. The first-order chi connectivity index (χ1) is 8.93. The van der Waals surface area contributed by atoms with Crippen molar-refractivity contribution in [3.05, 3.63) is 23.7 Å². The van der Waals surface area contributed by atoms with Gasteiger partial charge in [0.1, 0.15) is 11.5 Å². The van der Waals surface area contributed by atoms with Crippen LogP contribution < -0.4 is 16.0 Å². The van der Waals surface area contributed by atoms with Crippen molar-refractivity contribution in [2.24, 2.45) is 0 Å². The van der Waals surface area contributed by atoms with E-state index in [0.717, 1.165) is 11.5 Å². The fourth-order valence-corrected chi connectivity index (χ4v) is 1.64. The van der Waals surface area contributed by atoms with Crippen molar-refractivity contribution in [3.63, 3.8) is 0 Å². The van der Waals surface area contributed by atoms with Crippen LogP contribution in [0.2, 0.25) is 0 Å². The number of hydrogen-bond donors (Lipinski definition) is 3. The van der Waals surface area contributed by atoms with Crippen LogP contribution in [0.1, 0.15) is 38.3 Å². The molecule has 0 aromatic carbocycles. The molecule has 0 saturated carbocycles. The van der Waals surface area contributed by atoms with Crippen molar-refractivity contribution in [1.29, 1.82) is 0 Å². The summed E-state index contributed by atoms with van der Waals surface area (Å²) in [6, 6.07) is 2.64. The smallest absolute Gasteiger partial charge is 0.321 e. The molecule has 3 N–H and O–H groups in total. The normalized spacial score (nSPS) is 13.7. The average Bonchev–Trinajstić information content (AvgIpc) is 2.76. The quantitative estimate of drug-likeness (QED) is 0.754. The molecule has 2 unspecified atom stereocenters. The van der Waals surface area contributed by atoms with Crippen LogP contribution in [0.15, 0.2) is 16.5 Å². The first-order valence-electron chi connectivity index (χ1n) is 6.35. The lowest BCUT2D eigenvalue weighted by Gasteiger charge is -2.17. The average molecular weight is 267 g/mol. The summed E-state index contributed by atoms with van der Waals surface area (Å²) < 4.78 is 5.47. The maximum absolute atomic E-state index is 11.7. The van der Waals surface area contributed by atoms with Gasteiger partial charge < -0.3 is 9.73 Å². The van der Waals surface area contributed by atoms with Gasteiger partial charge in [-0.1, -0.05) is 0 Å². The summed E-state index contributed by atoms with van der Waals surface area (Å²) in [7, 11) is 0. The van der Waals surface area contributed by atoms with E-state index in [0.29, 0.717) is 6.54 Å². The molecule has 0 aliphatic rings. The maximum atomic E-state index is 11.7. The monoisotopic (exact) mass is 267 g/mol. The minimum Gasteiger partial charge on any atom is -0.465 e. The van der Waals surface area contributed by atoms with E-state index in [1.165, 1.54) is 0 Å². The van der Waals surface area contributed by atoms with Crippen LogP contribution in [-0.4, -0.2) is 24.5 Å². The molecule has 6 nitrogen and oxygen atoms in total. The molecule has 0 aliphatic carbocycles. The van der Waals surface area contributed by atoms with E-state index in [-0.39, 0.29) is 11.9 Å². The van der Waals surface area contributed by atoms with Crippen molar-refractivity contribution >= 4 is 11.9 Å². The van der Waals surface area contributed by atoms with Crippen molar-refractivity contribution in [2.45, 2.75) is 39.8 Å². The Morgan fingerprint density at radius 3 is 2.53 bits per heavy atom. The molecule has 0 fully saturated rings. The minimum atomic E-state index is -0.497. The number of furan rings is 1. The highest BCUT2D eigenvalue weighted by Crippen LogP contribution is 2.15. The number of rotatable bonds is 5. The van der Waals surface area contributed by atoms with Crippen molar-refractivity contribution in [3.8, 4) is 0 Å². The lowest BCUT2D eigenvalue weighted by Crippen LogP contribution is -2.48. The predicted molar refractivity (Wildman–Crippen MR) is 71.7 cm³/mol. The van der Waals surface area contributed by atoms with Gasteiger partial charge in [-0.05, 0) is 39.8 Å². The Hall–Kier alpha value is -1.82. The largest absolute Gasteiger partial charge is 0.465 e. The third kappa shape index (κ3) is 4.75. The highest BCUT2D eigenvalue weighted by Gasteiger charge is 2.19. The molecular weight excluding hydrogens is 246 g/mol. The van der Waals surface area contributed by atoms with Gasteiger partial charge in [-0.15, -0.1) is 0 Å². The van der Waals surface area contributed by atoms with Crippen molar-refractivity contribution in [2.75, 3.05) is 6.54 Å². The summed E-state index contributed by atoms with van der Waals surface area (Å²) in [4.78, 5) is 23.0. The Morgan fingerprint density at radius 2 is 2.00 bits per heavy atom. The van der Waals surface area contributed by atoms with E-state index < -0.39 is 12.1 Å². The number of imide groups is 1. The van der Waals surface area contributed by atoms with Gasteiger partial charge in [-0.25, -0.2) is 4.79 Å². The molecule has 1 heterocycles. The molecule has 1 rings (SSSR count). The van der Waals surface area contributed by atoms with Crippen LogP contribution >= 0.6 is 0 Å². The van der Waals surface area contributed by atoms with Crippen LogP contribution in [-0.2, 0) is 4.79 Å². The van der Waals surface area contributed by atoms with Crippen LogP contribution in [0.3, 0.4) is 0 Å². The van der Waals surface area contributed by atoms with Crippen LogP contribution in [0.4, 0.5) is 4.79 Å². The number of urea groups is 1. The molecule has 0 bridgehead atoms. The molecule has 0 saturated heterocycles. The zero-order chi connectivity index (χ0) is 14.4. The third-order valence-corrected chi connectivity index (χ3v) is 2.66. The fraction of sp³-hybridized carbons (Fsp3) is 0.538. The number of carbonyl (C=O) groups excluding carboxylic acids is 2. The van der Waals surface area contributed by atoms with Gasteiger partial charge in [0.2, 0.25) is 5.91 Å². The van der Waals surface area contributed by atoms with Gasteiger partial charge in [-0.2, -0.15) is 0 Å². The fourth-order valence-electron chi connectivity index (χ4n) is 1.64. The second-order valence-electron chi connectivity index (χ2n) is 4.41. The molecule has 6 heteroatoms. The number of aryl methyl sites for hydroxylation is 1. The van der Waals surface area contributed by atoms with E-state index in [2.05, 4.69) is 16.0 Å². The van der Waals surface area contributed by atoms with E-state index >= 15 is 0 Å². The number of amides is 3. The summed E-state index contributed by atoms with van der Waals surface area (Å²) in [5.74, 6) is 1.21. The Morgan fingerprint density at radius 1 is 1.32 bits per heavy atom. The summed E-state index contributed by atoms with van der Waals surface area (Å²) in [6.07, 6.45) is 0. The van der Waals surface area contributed by atoms with E-state index in [1.807, 2.05) is 26.0 Å². The Balaban J connectivity index is 2.47. The SMILES string of the molecule is CCNC(=O)NC(=O)C(C)NC(C)c1ccc(C)o1. The highest BCUT2D eigenvalue weighted by atomic mass is 16.3. The van der Waals surface area contributed by atoms with Gasteiger partial charge in [0, 0.05) is 6.54 Å². The Labute approximate surface area is 112 Å². The summed E-state index contributed by atoms with van der Waals surface area (Å²) >= 11 is 0. The molecule has 2 atom stereocenters. The first kappa shape index (κ1) is 15.2. The molecule has 0 radical (unpaired) electrons. The van der Waals surface area contributed by atoms with E-state index in [1.54, 1.807) is 13.8 Å². The Kier molecular flexibility index (Phi) is 5.57. The molecular formula is C13H21N3O3. The van der Waals surface area contributed by atoms with Crippen LogP contribution in [0.25, 0.3) is 0 Å². The Bertz CT molecular complexity index is 442. The zero-order valence-electron chi connectivity index (χ0n) is 11.7. The van der Waals surface area contributed by atoms with Crippen molar-refractivity contribution < 1.29 is 14.0 Å². The number of hydrogen-bond acceptors (Lipinski definition) is 4.